The lowest BCUT2D eigenvalue weighted by Crippen LogP contribution is -2.23. The van der Waals surface area contributed by atoms with E-state index in [-0.39, 0.29) is 11.4 Å². The van der Waals surface area contributed by atoms with Crippen molar-refractivity contribution in [1.29, 1.82) is 0 Å². The maximum atomic E-state index is 11.0. The predicted molar refractivity (Wildman–Crippen MR) is 100 cm³/mol. The molecule has 0 amide bonds. The number of rotatable bonds is 8. The number of anilines is 4. The molecule has 1 aromatic heterocycles. The summed E-state index contributed by atoms with van der Waals surface area (Å²) in [5.41, 5.74) is 7.09. The van der Waals surface area contributed by atoms with Crippen molar-refractivity contribution in [2.75, 3.05) is 29.0 Å². The Labute approximate surface area is 147 Å². The predicted octanol–water partition coefficient (Wildman–Crippen LogP) is 3.51. The molecule has 3 N–H and O–H groups in total. The molecule has 0 radical (unpaired) electrons. The summed E-state index contributed by atoms with van der Waals surface area (Å²) in [4.78, 5) is 21.7. The van der Waals surface area contributed by atoms with E-state index in [0.717, 1.165) is 37.4 Å². The first kappa shape index (κ1) is 18.4. The molecule has 0 atom stereocenters. The Morgan fingerprint density at radius 2 is 1.92 bits per heavy atom. The molecule has 0 saturated heterocycles. The fourth-order valence-electron chi connectivity index (χ4n) is 2.54. The maximum Gasteiger partial charge on any atom is 0.294 e. The Bertz CT molecular complexity index is 746. The van der Waals surface area contributed by atoms with Crippen molar-refractivity contribution in [3.8, 4) is 0 Å². The van der Waals surface area contributed by atoms with Crippen LogP contribution in [0.1, 0.15) is 32.9 Å². The van der Waals surface area contributed by atoms with Crippen molar-refractivity contribution >= 4 is 28.8 Å². The summed E-state index contributed by atoms with van der Waals surface area (Å²) in [6.45, 7) is 7.91. The molecule has 0 aliphatic heterocycles. The topological polar surface area (TPSA) is 110 Å². The van der Waals surface area contributed by atoms with Gasteiger partial charge in [0.2, 0.25) is 5.95 Å². The number of nitrogens with two attached hydrogens (primary N) is 1. The maximum absolute atomic E-state index is 11.0. The molecule has 2 rings (SSSR count). The largest absolute Gasteiger partial charge is 0.393 e. The van der Waals surface area contributed by atoms with E-state index in [9.17, 15) is 10.1 Å². The second-order valence-corrected chi connectivity index (χ2v) is 5.62. The molecule has 2 aromatic rings. The summed E-state index contributed by atoms with van der Waals surface area (Å²) < 4.78 is 0. The van der Waals surface area contributed by atoms with Gasteiger partial charge in [-0.2, -0.15) is 4.98 Å². The van der Waals surface area contributed by atoms with Gasteiger partial charge in [0, 0.05) is 36.6 Å². The van der Waals surface area contributed by atoms with Crippen LogP contribution in [0.4, 0.5) is 28.8 Å². The molecular weight excluding hydrogens is 320 g/mol. The van der Waals surface area contributed by atoms with Crippen molar-refractivity contribution in [3.05, 3.63) is 40.1 Å². The van der Waals surface area contributed by atoms with Crippen LogP contribution in [-0.4, -0.2) is 28.0 Å². The van der Waals surface area contributed by atoms with E-state index in [0.29, 0.717) is 11.6 Å². The van der Waals surface area contributed by atoms with Crippen LogP contribution >= 0.6 is 0 Å². The fraction of sp³-hybridized carbons (Fsp3) is 0.412. The van der Waals surface area contributed by atoms with Gasteiger partial charge in [-0.25, -0.2) is 4.98 Å². The SMILES string of the molecule is CCCc1cc(N(CC)CC)nc(Nc2ccc(N)c([N+](=O)[O-])c2)n1. The number of hydrogen-bond acceptors (Lipinski definition) is 7. The van der Waals surface area contributed by atoms with Crippen molar-refractivity contribution in [1.82, 2.24) is 9.97 Å². The summed E-state index contributed by atoms with van der Waals surface area (Å²) >= 11 is 0. The highest BCUT2D eigenvalue weighted by Crippen LogP contribution is 2.27. The zero-order chi connectivity index (χ0) is 18.4. The first-order valence-corrected chi connectivity index (χ1v) is 8.42. The first-order valence-electron chi connectivity index (χ1n) is 8.42. The van der Waals surface area contributed by atoms with Crippen LogP contribution in [0, 0.1) is 10.1 Å². The molecule has 0 saturated carbocycles. The van der Waals surface area contributed by atoms with Gasteiger partial charge in [0.25, 0.3) is 5.69 Å². The van der Waals surface area contributed by atoms with Crippen LogP contribution < -0.4 is 16.0 Å². The van der Waals surface area contributed by atoms with E-state index in [1.807, 2.05) is 6.07 Å². The van der Waals surface area contributed by atoms with E-state index < -0.39 is 4.92 Å². The van der Waals surface area contributed by atoms with Gasteiger partial charge in [-0.3, -0.25) is 10.1 Å². The molecule has 8 heteroatoms. The first-order chi connectivity index (χ1) is 12.0. The van der Waals surface area contributed by atoms with E-state index in [2.05, 4.69) is 41.0 Å². The van der Waals surface area contributed by atoms with Crippen LogP contribution in [0.15, 0.2) is 24.3 Å². The molecule has 25 heavy (non-hydrogen) atoms. The second kappa shape index (κ2) is 8.27. The molecule has 1 heterocycles. The van der Waals surface area contributed by atoms with Crippen LogP contribution in [0.3, 0.4) is 0 Å². The number of nitro groups is 1. The molecule has 8 nitrogen and oxygen atoms in total. The molecular formula is C17H24N6O2. The summed E-state index contributed by atoms with van der Waals surface area (Å²) in [5, 5.41) is 14.1. The van der Waals surface area contributed by atoms with Gasteiger partial charge in [0.15, 0.2) is 0 Å². The zero-order valence-corrected chi connectivity index (χ0v) is 14.8. The van der Waals surface area contributed by atoms with Gasteiger partial charge in [0.05, 0.1) is 4.92 Å². The zero-order valence-electron chi connectivity index (χ0n) is 14.8. The second-order valence-electron chi connectivity index (χ2n) is 5.62. The van der Waals surface area contributed by atoms with Crippen molar-refractivity contribution < 1.29 is 4.92 Å². The Hall–Kier alpha value is -2.90. The molecule has 0 aliphatic rings. The molecule has 134 valence electrons. The van der Waals surface area contributed by atoms with Crippen LogP contribution in [0.2, 0.25) is 0 Å². The van der Waals surface area contributed by atoms with Crippen LogP contribution in [-0.2, 0) is 6.42 Å². The van der Waals surface area contributed by atoms with Gasteiger partial charge in [-0.05, 0) is 32.4 Å². The standard InChI is InChI=1S/C17H24N6O2/c1-4-7-12-11-16(22(5-2)6-3)21-17(19-12)20-13-8-9-14(18)15(10-13)23(24)25/h8-11H,4-7,18H2,1-3H3,(H,19,20,21). The van der Waals surface area contributed by atoms with Crippen LogP contribution in [0.25, 0.3) is 0 Å². The Kier molecular flexibility index (Phi) is 6.10. The van der Waals surface area contributed by atoms with Crippen molar-refractivity contribution in [3.63, 3.8) is 0 Å². The summed E-state index contributed by atoms with van der Waals surface area (Å²) in [6.07, 6.45) is 1.81. The van der Waals surface area contributed by atoms with Gasteiger partial charge in [-0.1, -0.05) is 13.3 Å². The fourth-order valence-corrected chi connectivity index (χ4v) is 2.54. The Balaban J connectivity index is 2.38. The van der Waals surface area contributed by atoms with Gasteiger partial charge in [0.1, 0.15) is 11.5 Å². The number of aryl methyl sites for hydroxylation is 1. The lowest BCUT2D eigenvalue weighted by molar-refractivity contribution is -0.383. The molecule has 0 bridgehead atoms. The average molecular weight is 344 g/mol. The van der Waals surface area contributed by atoms with E-state index in [4.69, 9.17) is 5.73 Å². The number of nitrogen functional groups attached to an aromatic ring is 1. The van der Waals surface area contributed by atoms with Crippen LogP contribution in [0.5, 0.6) is 0 Å². The third-order valence-electron chi connectivity index (χ3n) is 3.84. The van der Waals surface area contributed by atoms with E-state index >= 15 is 0 Å². The number of nitro benzene ring substituents is 1. The van der Waals surface area contributed by atoms with Gasteiger partial charge in [-0.15, -0.1) is 0 Å². The number of hydrogen-bond donors (Lipinski definition) is 2. The van der Waals surface area contributed by atoms with Crippen molar-refractivity contribution in [2.45, 2.75) is 33.6 Å². The monoisotopic (exact) mass is 344 g/mol. The van der Waals surface area contributed by atoms with Crippen molar-refractivity contribution in [2.24, 2.45) is 0 Å². The van der Waals surface area contributed by atoms with Gasteiger partial charge < -0.3 is 16.0 Å². The molecule has 0 spiro atoms. The quantitative estimate of drug-likeness (QED) is 0.428. The average Bonchev–Trinajstić information content (AvgIpc) is 2.58. The lowest BCUT2D eigenvalue weighted by atomic mass is 10.2. The van der Waals surface area contributed by atoms with E-state index in [1.54, 1.807) is 6.07 Å². The summed E-state index contributed by atoms with van der Waals surface area (Å²) in [6, 6.07) is 6.56. The molecule has 1 aromatic carbocycles. The highest BCUT2D eigenvalue weighted by Gasteiger charge is 2.14. The Morgan fingerprint density at radius 3 is 2.52 bits per heavy atom. The highest BCUT2D eigenvalue weighted by atomic mass is 16.6. The van der Waals surface area contributed by atoms with Gasteiger partial charge >= 0.3 is 0 Å². The number of nitrogens with zero attached hydrogens (tertiary/aromatic N) is 4. The number of nitrogens with one attached hydrogen (secondary N) is 1. The summed E-state index contributed by atoms with van der Waals surface area (Å²) in [7, 11) is 0. The minimum Gasteiger partial charge on any atom is -0.393 e. The lowest BCUT2D eigenvalue weighted by Gasteiger charge is -2.21. The highest BCUT2D eigenvalue weighted by molar-refractivity contribution is 5.68. The Morgan fingerprint density at radius 1 is 1.20 bits per heavy atom. The molecule has 0 unspecified atom stereocenters. The minimum atomic E-state index is -0.504. The number of benzene rings is 1. The third-order valence-corrected chi connectivity index (χ3v) is 3.84. The summed E-state index contributed by atoms with van der Waals surface area (Å²) in [5.74, 6) is 1.27. The third kappa shape index (κ3) is 4.56. The molecule has 0 aliphatic carbocycles. The minimum absolute atomic E-state index is 0.125. The smallest absolute Gasteiger partial charge is 0.294 e. The molecule has 0 fully saturated rings. The van der Waals surface area contributed by atoms with E-state index in [1.165, 1.54) is 12.1 Å². The normalized spacial score (nSPS) is 10.5. The number of aromatic nitrogens is 2.